The molecule has 0 N–H and O–H groups in total. The molecule has 0 aliphatic carbocycles. The Morgan fingerprint density at radius 2 is 0.882 bits per heavy atom. The van der Waals surface area contributed by atoms with Crippen LogP contribution >= 0.6 is 0 Å². The van der Waals surface area contributed by atoms with Crippen molar-refractivity contribution in [3.63, 3.8) is 0 Å². The first-order valence-electron chi connectivity index (χ1n) is 12.8. The summed E-state index contributed by atoms with van der Waals surface area (Å²) >= 11 is 0. The van der Waals surface area contributed by atoms with Gasteiger partial charge in [0, 0.05) is 5.56 Å². The largest absolute Gasteiger partial charge is 0.317 e. The SMILES string of the molecule is CCC(C(c1ccccc1)(c1ccccc1)c1ccccc1)[N+](CC)(CC)Cc1ccccc1. The first-order chi connectivity index (χ1) is 16.7. The minimum Gasteiger partial charge on any atom is -0.317 e. The van der Waals surface area contributed by atoms with Gasteiger partial charge >= 0.3 is 0 Å². The number of benzene rings is 4. The van der Waals surface area contributed by atoms with Crippen molar-refractivity contribution in [3.05, 3.63) is 144 Å². The van der Waals surface area contributed by atoms with E-state index in [9.17, 15) is 0 Å². The Morgan fingerprint density at radius 1 is 0.529 bits per heavy atom. The second-order valence-corrected chi connectivity index (χ2v) is 9.32. The fourth-order valence-corrected chi connectivity index (χ4v) is 6.23. The highest BCUT2D eigenvalue weighted by Crippen LogP contribution is 2.47. The average Bonchev–Trinajstić information content (AvgIpc) is 2.93. The molecule has 174 valence electrons. The molecule has 1 nitrogen and oxygen atoms in total. The van der Waals surface area contributed by atoms with Crippen LogP contribution in [0.4, 0.5) is 0 Å². The van der Waals surface area contributed by atoms with Gasteiger partial charge in [-0.25, -0.2) is 0 Å². The molecule has 0 aliphatic heterocycles. The zero-order chi connectivity index (χ0) is 23.9. The van der Waals surface area contributed by atoms with E-state index in [4.69, 9.17) is 0 Å². The Labute approximate surface area is 206 Å². The molecule has 4 rings (SSSR count). The number of hydrogen-bond donors (Lipinski definition) is 0. The Kier molecular flexibility index (Phi) is 7.65. The monoisotopic (exact) mass is 448 g/mol. The van der Waals surface area contributed by atoms with E-state index in [1.54, 1.807) is 0 Å². The first-order valence-corrected chi connectivity index (χ1v) is 12.8. The molecule has 0 amide bonds. The second-order valence-electron chi connectivity index (χ2n) is 9.32. The van der Waals surface area contributed by atoms with Crippen molar-refractivity contribution >= 4 is 0 Å². The molecule has 0 aromatic heterocycles. The van der Waals surface area contributed by atoms with Crippen LogP contribution in [0.25, 0.3) is 0 Å². The van der Waals surface area contributed by atoms with Gasteiger partial charge in [0.05, 0.1) is 18.5 Å². The summed E-state index contributed by atoms with van der Waals surface area (Å²) < 4.78 is 1.03. The third-order valence-electron chi connectivity index (χ3n) is 7.83. The topological polar surface area (TPSA) is 0 Å². The van der Waals surface area contributed by atoms with Crippen molar-refractivity contribution in [2.24, 2.45) is 0 Å². The molecule has 0 bridgehead atoms. The van der Waals surface area contributed by atoms with Crippen LogP contribution in [-0.2, 0) is 12.0 Å². The molecule has 1 heteroatoms. The number of rotatable bonds is 10. The Balaban J connectivity index is 2.05. The molecule has 0 fully saturated rings. The van der Waals surface area contributed by atoms with Crippen molar-refractivity contribution in [3.8, 4) is 0 Å². The van der Waals surface area contributed by atoms with Gasteiger partial charge in [0.15, 0.2) is 0 Å². The number of quaternary nitrogens is 1. The van der Waals surface area contributed by atoms with Crippen molar-refractivity contribution in [1.29, 1.82) is 0 Å². The highest BCUT2D eigenvalue weighted by atomic mass is 15.4. The van der Waals surface area contributed by atoms with E-state index in [-0.39, 0.29) is 5.41 Å². The van der Waals surface area contributed by atoms with Gasteiger partial charge in [-0.1, -0.05) is 128 Å². The summed E-state index contributed by atoms with van der Waals surface area (Å²) in [5.41, 5.74) is 5.26. The van der Waals surface area contributed by atoms with Gasteiger partial charge in [0.1, 0.15) is 12.6 Å². The lowest BCUT2D eigenvalue weighted by Gasteiger charge is -2.53. The van der Waals surface area contributed by atoms with Gasteiger partial charge in [-0.15, -0.1) is 0 Å². The first kappa shape index (κ1) is 24.0. The maximum atomic E-state index is 2.39. The van der Waals surface area contributed by atoms with Gasteiger partial charge in [0.25, 0.3) is 0 Å². The van der Waals surface area contributed by atoms with Gasteiger partial charge in [-0.2, -0.15) is 0 Å². The van der Waals surface area contributed by atoms with Crippen LogP contribution < -0.4 is 0 Å². The molecular weight excluding hydrogens is 410 g/mol. The molecule has 0 saturated heterocycles. The molecule has 4 aromatic rings. The Bertz CT molecular complexity index is 1020. The number of nitrogens with zero attached hydrogens (tertiary/aromatic N) is 1. The van der Waals surface area contributed by atoms with E-state index in [0.29, 0.717) is 6.04 Å². The van der Waals surface area contributed by atoms with E-state index < -0.39 is 0 Å². The predicted molar refractivity (Wildman–Crippen MR) is 145 cm³/mol. The standard InChI is InChI=1S/C33H38N/c1-4-32(34(5-2,6-3)27-28-19-11-7-12-20-28)33(29-21-13-8-14-22-29,30-23-15-9-16-24-30)31-25-17-10-18-26-31/h7-26,32H,4-6,27H2,1-3H3/q+1. The van der Waals surface area contributed by atoms with E-state index in [2.05, 4.69) is 142 Å². The maximum absolute atomic E-state index is 2.39. The molecule has 1 atom stereocenters. The van der Waals surface area contributed by atoms with Crippen LogP contribution in [0.3, 0.4) is 0 Å². The van der Waals surface area contributed by atoms with Crippen LogP contribution in [-0.4, -0.2) is 23.6 Å². The molecule has 4 aromatic carbocycles. The van der Waals surface area contributed by atoms with Crippen molar-refractivity contribution < 1.29 is 4.48 Å². The normalized spacial score (nSPS) is 12.9. The summed E-state index contributed by atoms with van der Waals surface area (Å²) in [6.45, 7) is 10.3. The van der Waals surface area contributed by atoms with Crippen molar-refractivity contribution in [2.75, 3.05) is 13.1 Å². The predicted octanol–water partition coefficient (Wildman–Crippen LogP) is 7.86. The molecule has 0 spiro atoms. The zero-order valence-corrected chi connectivity index (χ0v) is 20.9. The second kappa shape index (κ2) is 10.8. The third-order valence-corrected chi connectivity index (χ3v) is 7.83. The molecule has 0 heterocycles. The highest BCUT2D eigenvalue weighted by molar-refractivity contribution is 5.52. The fourth-order valence-electron chi connectivity index (χ4n) is 6.23. The van der Waals surface area contributed by atoms with Crippen molar-refractivity contribution in [2.45, 2.75) is 45.2 Å². The molecule has 0 saturated carbocycles. The lowest BCUT2D eigenvalue weighted by Crippen LogP contribution is -2.63. The van der Waals surface area contributed by atoms with Crippen LogP contribution in [0.5, 0.6) is 0 Å². The van der Waals surface area contributed by atoms with Gasteiger partial charge in [-0.3, -0.25) is 0 Å². The summed E-state index contributed by atoms with van der Waals surface area (Å²) in [5.74, 6) is 0. The molecule has 0 radical (unpaired) electrons. The van der Waals surface area contributed by atoms with Crippen LogP contribution in [0.2, 0.25) is 0 Å². The quantitative estimate of drug-likeness (QED) is 0.171. The summed E-state index contributed by atoms with van der Waals surface area (Å²) in [5, 5.41) is 0. The van der Waals surface area contributed by atoms with Gasteiger partial charge in [0.2, 0.25) is 0 Å². The minimum absolute atomic E-state index is 0.265. The highest BCUT2D eigenvalue weighted by Gasteiger charge is 2.52. The van der Waals surface area contributed by atoms with Crippen LogP contribution in [0.15, 0.2) is 121 Å². The van der Waals surface area contributed by atoms with Crippen LogP contribution in [0.1, 0.15) is 49.4 Å². The van der Waals surface area contributed by atoms with Gasteiger partial charge < -0.3 is 4.48 Å². The molecule has 34 heavy (non-hydrogen) atoms. The Morgan fingerprint density at radius 3 is 1.21 bits per heavy atom. The summed E-state index contributed by atoms with van der Waals surface area (Å²) in [7, 11) is 0. The number of likely N-dealkylation sites (N-methyl/N-ethyl adjacent to an activating group) is 1. The van der Waals surface area contributed by atoms with Gasteiger partial charge in [-0.05, 0) is 37.0 Å². The average molecular weight is 449 g/mol. The van der Waals surface area contributed by atoms with Crippen molar-refractivity contribution in [1.82, 2.24) is 0 Å². The smallest absolute Gasteiger partial charge is 0.107 e. The molecule has 0 aliphatic rings. The van der Waals surface area contributed by atoms with E-state index in [1.165, 1.54) is 22.3 Å². The molecular formula is C33H38N+. The van der Waals surface area contributed by atoms with E-state index in [1.807, 2.05) is 0 Å². The lowest BCUT2D eigenvalue weighted by atomic mass is 9.62. The van der Waals surface area contributed by atoms with E-state index in [0.717, 1.165) is 30.5 Å². The minimum atomic E-state index is -0.265. The summed E-state index contributed by atoms with van der Waals surface area (Å²) in [6, 6.07) is 45.1. The van der Waals surface area contributed by atoms with Crippen LogP contribution in [0, 0.1) is 0 Å². The summed E-state index contributed by atoms with van der Waals surface area (Å²) in [6.07, 6.45) is 1.08. The third kappa shape index (κ3) is 4.33. The number of hydrogen-bond acceptors (Lipinski definition) is 0. The lowest BCUT2D eigenvalue weighted by molar-refractivity contribution is -0.964. The summed E-state index contributed by atoms with van der Waals surface area (Å²) in [4.78, 5) is 0. The zero-order valence-electron chi connectivity index (χ0n) is 20.9. The fraction of sp³-hybridized carbons (Fsp3) is 0.273. The molecule has 1 unspecified atom stereocenters. The Hall–Kier alpha value is -3.16. The van der Waals surface area contributed by atoms with E-state index >= 15 is 0 Å². The maximum Gasteiger partial charge on any atom is 0.107 e.